The number of alkyl carbamates (subject to hydrolysis) is 1. The van der Waals surface area contributed by atoms with Crippen LogP contribution in [0.3, 0.4) is 0 Å². The van der Waals surface area contributed by atoms with Crippen LogP contribution >= 0.6 is 23.1 Å². The summed E-state index contributed by atoms with van der Waals surface area (Å²) in [5.41, 5.74) is 8.06. The fourth-order valence-corrected chi connectivity index (χ4v) is 7.15. The molecule has 0 aliphatic rings. The number of thioether (sulfide) groups is 1. The van der Waals surface area contributed by atoms with Gasteiger partial charge in [-0.2, -0.15) is 0 Å². The van der Waals surface area contributed by atoms with Crippen LogP contribution < -0.4 is 11.1 Å². The summed E-state index contributed by atoms with van der Waals surface area (Å²) in [6.07, 6.45) is 4.19. The maximum absolute atomic E-state index is 13.6. The van der Waals surface area contributed by atoms with Gasteiger partial charge in [0.15, 0.2) is 0 Å². The highest BCUT2D eigenvalue weighted by atomic mass is 32.2. The Labute approximate surface area is 207 Å². The molecule has 3 aromatic rings. The van der Waals surface area contributed by atoms with Gasteiger partial charge in [0.05, 0.1) is 30.8 Å². The Hall–Kier alpha value is -2.89. The average Bonchev–Trinajstić information content (AvgIpc) is 3.18. The summed E-state index contributed by atoms with van der Waals surface area (Å²) in [5, 5.41) is 10.6. The van der Waals surface area contributed by atoms with Gasteiger partial charge in [0.25, 0.3) is 0 Å². The number of aromatic nitrogens is 1. The molecule has 4 N–H and O–H groups in total. The molecule has 0 unspecified atom stereocenters. The molecule has 0 aliphatic carbocycles. The van der Waals surface area contributed by atoms with Gasteiger partial charge in [-0.3, -0.25) is 15.7 Å². The van der Waals surface area contributed by atoms with Gasteiger partial charge in [-0.15, -0.1) is 23.1 Å². The van der Waals surface area contributed by atoms with E-state index < -0.39 is 21.5 Å². The number of amides is 1. The Morgan fingerprint density at radius 2 is 1.94 bits per heavy atom. The number of thiophene rings is 1. The van der Waals surface area contributed by atoms with Gasteiger partial charge in [-0.05, 0) is 63.3 Å². The molecule has 2 aromatic heterocycles. The molecule has 1 aromatic carbocycles. The highest BCUT2D eigenvalue weighted by Crippen LogP contribution is 2.38. The summed E-state index contributed by atoms with van der Waals surface area (Å²) in [6.45, 7) is 7.01. The molecule has 0 aliphatic heterocycles. The first-order chi connectivity index (χ1) is 15.8. The Bertz CT molecular complexity index is 1340. The molecule has 2 heterocycles. The maximum atomic E-state index is 13.6. The zero-order valence-electron chi connectivity index (χ0n) is 19.4. The molecule has 34 heavy (non-hydrogen) atoms. The van der Waals surface area contributed by atoms with Crippen LogP contribution in [0.4, 0.5) is 10.5 Å². The number of anilines is 1. The van der Waals surface area contributed by atoms with E-state index in [1.54, 1.807) is 51.4 Å². The first-order valence-electron chi connectivity index (χ1n) is 10.2. The van der Waals surface area contributed by atoms with Crippen LogP contribution in [0, 0.1) is 12.3 Å². The number of rotatable bonds is 5. The van der Waals surface area contributed by atoms with Crippen LogP contribution in [0.15, 0.2) is 56.7 Å². The lowest BCUT2D eigenvalue weighted by Crippen LogP contribution is -2.36. The zero-order chi connectivity index (χ0) is 25.3. The van der Waals surface area contributed by atoms with Crippen LogP contribution in [-0.4, -0.2) is 37.2 Å². The molecule has 0 fully saturated rings. The van der Waals surface area contributed by atoms with Gasteiger partial charge < -0.3 is 10.5 Å². The predicted octanol–water partition coefficient (Wildman–Crippen LogP) is 5.11. The fraction of sp³-hybridized carbons (Fsp3) is 0.261. The largest absolute Gasteiger partial charge is 0.444 e. The number of nitrogen functional groups attached to an aromatic ring is 1. The van der Waals surface area contributed by atoms with E-state index in [4.69, 9.17) is 15.9 Å². The summed E-state index contributed by atoms with van der Waals surface area (Å²) in [4.78, 5) is 16.6. The van der Waals surface area contributed by atoms with Crippen LogP contribution in [0.2, 0.25) is 0 Å². The van der Waals surface area contributed by atoms with Crippen molar-refractivity contribution in [2.75, 3.05) is 12.0 Å². The number of carbonyl (C=O) groups excluding carboxylic acids is 1. The van der Waals surface area contributed by atoms with E-state index in [0.717, 1.165) is 22.5 Å². The summed E-state index contributed by atoms with van der Waals surface area (Å²) in [5.74, 6) is -0.232. The smallest absolute Gasteiger partial charge is 0.413 e. The van der Waals surface area contributed by atoms with Gasteiger partial charge >= 0.3 is 6.09 Å². The van der Waals surface area contributed by atoms with Crippen molar-refractivity contribution in [3.63, 3.8) is 0 Å². The van der Waals surface area contributed by atoms with E-state index in [2.05, 4.69) is 10.3 Å². The SMILES string of the molecule is CSc1sc(C(=N)NC(=O)OC(C)(C)C)cc1S(=O)(=O)c1cccc(-c2c(C)cncc2N)c1. The predicted molar refractivity (Wildman–Crippen MR) is 137 cm³/mol. The van der Waals surface area contributed by atoms with Gasteiger partial charge in [0.1, 0.15) is 11.4 Å². The number of nitrogens with one attached hydrogen (secondary N) is 2. The second-order valence-electron chi connectivity index (χ2n) is 8.42. The summed E-state index contributed by atoms with van der Waals surface area (Å²) < 4.78 is 32.8. The molecule has 0 radical (unpaired) electrons. The van der Waals surface area contributed by atoms with E-state index >= 15 is 0 Å². The Balaban J connectivity index is 1.98. The highest BCUT2D eigenvalue weighted by Gasteiger charge is 2.27. The maximum Gasteiger partial charge on any atom is 0.413 e. The number of nitrogens with zero attached hydrogens (tertiary/aromatic N) is 1. The summed E-state index contributed by atoms with van der Waals surface area (Å²) in [6, 6.07) is 7.98. The lowest BCUT2D eigenvalue weighted by Gasteiger charge is -2.19. The third kappa shape index (κ3) is 5.60. The van der Waals surface area contributed by atoms with Gasteiger partial charge in [0.2, 0.25) is 9.84 Å². The molecule has 1 amide bonds. The lowest BCUT2D eigenvalue weighted by atomic mass is 10.0. The number of nitrogens with two attached hydrogens (primary N) is 1. The number of hydrogen-bond donors (Lipinski definition) is 3. The summed E-state index contributed by atoms with van der Waals surface area (Å²) >= 11 is 2.38. The third-order valence-electron chi connectivity index (χ3n) is 4.61. The number of aryl methyl sites for hydroxylation is 1. The number of carbonyl (C=O) groups is 1. The number of pyridine rings is 1. The van der Waals surface area contributed by atoms with Crippen molar-refractivity contribution < 1.29 is 17.9 Å². The van der Waals surface area contributed by atoms with Gasteiger partial charge in [0, 0.05) is 11.8 Å². The number of hydrogen-bond acceptors (Lipinski definition) is 9. The topological polar surface area (TPSA) is 135 Å². The van der Waals surface area contributed by atoms with Crippen molar-refractivity contribution in [3.8, 4) is 11.1 Å². The second-order valence-corrected chi connectivity index (χ2v) is 12.5. The van der Waals surface area contributed by atoms with Crippen LogP contribution in [-0.2, 0) is 14.6 Å². The van der Waals surface area contributed by atoms with Gasteiger partial charge in [-0.25, -0.2) is 13.2 Å². The van der Waals surface area contributed by atoms with Crippen LogP contribution in [0.25, 0.3) is 11.1 Å². The van der Waals surface area contributed by atoms with E-state index in [1.807, 2.05) is 6.92 Å². The quantitative estimate of drug-likeness (QED) is 0.243. The molecule has 0 bridgehead atoms. The standard InChI is InChI=1S/C23H26N4O4S3/c1-13-11-26-12-16(24)19(13)14-7-6-8-15(9-14)34(29,30)18-10-17(33-21(18)32-5)20(25)27-22(28)31-23(2,3)4/h6-12H,24H2,1-5H3,(H2,25,27,28). The van der Waals surface area contributed by atoms with E-state index in [-0.39, 0.29) is 15.6 Å². The Morgan fingerprint density at radius 1 is 1.24 bits per heavy atom. The van der Waals surface area contributed by atoms with Crippen molar-refractivity contribution in [1.82, 2.24) is 10.3 Å². The second kappa shape index (κ2) is 9.77. The fourth-order valence-electron chi connectivity index (χ4n) is 3.20. The van der Waals surface area contributed by atoms with Crippen molar-refractivity contribution >= 4 is 50.6 Å². The highest BCUT2D eigenvalue weighted by molar-refractivity contribution is 8.01. The number of sulfone groups is 1. The molecule has 180 valence electrons. The van der Waals surface area contributed by atoms with Crippen molar-refractivity contribution in [3.05, 3.63) is 53.2 Å². The van der Waals surface area contributed by atoms with Gasteiger partial charge in [-0.1, -0.05) is 12.1 Å². The summed E-state index contributed by atoms with van der Waals surface area (Å²) in [7, 11) is -3.92. The number of ether oxygens (including phenoxy) is 1. The van der Waals surface area contributed by atoms with Crippen molar-refractivity contribution in [2.45, 2.75) is 47.3 Å². The Kier molecular flexibility index (Phi) is 7.39. The first kappa shape index (κ1) is 25.7. The first-order valence-corrected chi connectivity index (χ1v) is 13.7. The third-order valence-corrected chi connectivity index (χ3v) is 8.93. The molecule has 0 saturated carbocycles. The average molecular weight is 519 g/mol. The monoisotopic (exact) mass is 518 g/mol. The molecular weight excluding hydrogens is 492 g/mol. The molecule has 8 nitrogen and oxygen atoms in total. The number of benzene rings is 1. The Morgan fingerprint density at radius 3 is 2.56 bits per heavy atom. The van der Waals surface area contributed by atoms with Crippen molar-refractivity contribution in [1.29, 1.82) is 5.41 Å². The minimum atomic E-state index is -3.92. The normalized spacial score (nSPS) is 11.8. The minimum absolute atomic E-state index is 0.0762. The molecule has 3 rings (SSSR count). The van der Waals surface area contributed by atoms with Crippen molar-refractivity contribution in [2.24, 2.45) is 0 Å². The molecule has 0 saturated heterocycles. The van der Waals surface area contributed by atoms with Crippen LogP contribution in [0.1, 0.15) is 31.2 Å². The zero-order valence-corrected chi connectivity index (χ0v) is 21.9. The molecular formula is C23H26N4O4S3. The number of amidine groups is 1. The molecule has 0 atom stereocenters. The van der Waals surface area contributed by atoms with E-state index in [9.17, 15) is 13.2 Å². The lowest BCUT2D eigenvalue weighted by molar-refractivity contribution is 0.0563. The molecule has 0 spiro atoms. The van der Waals surface area contributed by atoms with Crippen LogP contribution in [0.5, 0.6) is 0 Å². The van der Waals surface area contributed by atoms with E-state index in [0.29, 0.717) is 20.3 Å². The molecule has 11 heteroatoms. The minimum Gasteiger partial charge on any atom is -0.444 e. The van der Waals surface area contributed by atoms with E-state index in [1.165, 1.54) is 30.1 Å².